The molecular weight excluding hydrogens is 519 g/mol. The molecule has 0 atom stereocenters. The monoisotopic (exact) mass is 537 g/mol. The van der Waals surface area contributed by atoms with Gasteiger partial charge in [-0.15, -0.1) is 0 Å². The first-order valence-corrected chi connectivity index (χ1v) is 12.4. The summed E-state index contributed by atoms with van der Waals surface area (Å²) >= 11 is 5.94. The molecule has 36 heavy (non-hydrogen) atoms. The predicted octanol–water partition coefficient (Wildman–Crippen LogP) is 5.44. The number of pyridine rings is 1. The summed E-state index contributed by atoms with van der Waals surface area (Å²) in [6, 6.07) is 13.3. The van der Waals surface area contributed by atoms with Crippen LogP contribution in [0.1, 0.15) is 19.4 Å². The average Bonchev–Trinajstić information content (AvgIpc) is 2.98. The number of benzene rings is 2. The molecule has 0 radical (unpaired) electrons. The number of carbonyl (C=O) groups is 2. The second kappa shape index (κ2) is 8.90. The van der Waals surface area contributed by atoms with Gasteiger partial charge in [-0.25, -0.2) is 18.1 Å². The molecule has 4 rings (SSSR count). The zero-order valence-electron chi connectivity index (χ0n) is 19.0. The molecule has 1 aromatic heterocycles. The van der Waals surface area contributed by atoms with E-state index in [0.717, 1.165) is 34.7 Å². The summed E-state index contributed by atoms with van der Waals surface area (Å²) in [5.74, 6) is -0.606. The molecule has 2 heterocycles. The Hall–Kier alpha value is -3.44. The van der Waals surface area contributed by atoms with E-state index in [4.69, 9.17) is 11.6 Å². The molecule has 7 nitrogen and oxygen atoms in total. The summed E-state index contributed by atoms with van der Waals surface area (Å²) in [6.45, 7) is 3.16. The number of carbonyl (C=O) groups excluding carboxylic acids is 2. The van der Waals surface area contributed by atoms with Crippen molar-refractivity contribution in [2.24, 2.45) is 0 Å². The Labute approximate surface area is 210 Å². The first-order valence-electron chi connectivity index (χ1n) is 10.5. The molecule has 0 spiro atoms. The van der Waals surface area contributed by atoms with Crippen LogP contribution in [-0.2, 0) is 21.2 Å². The zero-order valence-corrected chi connectivity index (χ0v) is 20.5. The van der Waals surface area contributed by atoms with Gasteiger partial charge in [0.2, 0.25) is 0 Å². The van der Waals surface area contributed by atoms with Crippen molar-refractivity contribution in [3.8, 4) is 11.3 Å². The maximum atomic E-state index is 13.3. The van der Waals surface area contributed by atoms with Crippen molar-refractivity contribution in [2.75, 3.05) is 4.90 Å². The molecule has 188 valence electrons. The minimum atomic E-state index is -5.56. The van der Waals surface area contributed by atoms with E-state index < -0.39 is 37.7 Å². The zero-order chi connectivity index (χ0) is 26.5. The maximum Gasteiger partial charge on any atom is 0.501 e. The van der Waals surface area contributed by atoms with Gasteiger partial charge in [0.25, 0.3) is 15.7 Å². The molecule has 0 unspecified atom stereocenters. The third-order valence-corrected chi connectivity index (χ3v) is 7.59. The standard InChI is InChI=1S/C24H19ClF3N3O4S/c1-23(2)21(32)31(18-7-9-19(10-8-18)36(34,35)24(26,27)28)22(33)30(23)14-15-11-12-29-20(13-15)16-3-5-17(25)6-4-16/h3-13H,14H2,1-2H3. The number of rotatable bonds is 5. The van der Waals surface area contributed by atoms with Crippen molar-refractivity contribution >= 4 is 39.1 Å². The number of anilines is 1. The lowest BCUT2D eigenvalue weighted by Gasteiger charge is -2.27. The van der Waals surface area contributed by atoms with Crippen molar-refractivity contribution in [3.63, 3.8) is 0 Å². The second-order valence-electron chi connectivity index (χ2n) is 8.57. The van der Waals surface area contributed by atoms with Gasteiger partial charge in [0.15, 0.2) is 0 Å². The Morgan fingerprint density at radius 1 is 0.972 bits per heavy atom. The Morgan fingerprint density at radius 2 is 1.58 bits per heavy atom. The number of aromatic nitrogens is 1. The molecule has 0 aliphatic carbocycles. The molecule has 0 saturated carbocycles. The van der Waals surface area contributed by atoms with Crippen LogP contribution in [0.4, 0.5) is 23.7 Å². The van der Waals surface area contributed by atoms with Gasteiger partial charge >= 0.3 is 11.5 Å². The number of hydrogen-bond donors (Lipinski definition) is 0. The highest BCUT2D eigenvalue weighted by Gasteiger charge is 2.52. The van der Waals surface area contributed by atoms with Crippen LogP contribution >= 0.6 is 11.6 Å². The summed E-state index contributed by atoms with van der Waals surface area (Å²) in [5, 5.41) is 0.571. The SMILES string of the molecule is CC1(C)C(=O)N(c2ccc(S(=O)(=O)C(F)(F)F)cc2)C(=O)N1Cc1ccnc(-c2ccc(Cl)cc2)c1. The van der Waals surface area contributed by atoms with Gasteiger partial charge in [-0.1, -0.05) is 23.7 Å². The number of amides is 3. The van der Waals surface area contributed by atoms with Crippen LogP contribution in [-0.4, -0.2) is 41.3 Å². The average molecular weight is 538 g/mol. The van der Waals surface area contributed by atoms with E-state index in [9.17, 15) is 31.2 Å². The van der Waals surface area contributed by atoms with Gasteiger partial charge in [0.05, 0.1) is 16.3 Å². The summed E-state index contributed by atoms with van der Waals surface area (Å²) < 4.78 is 61.8. The number of alkyl halides is 3. The van der Waals surface area contributed by atoms with Gasteiger partial charge in [-0.05, 0) is 67.9 Å². The summed E-state index contributed by atoms with van der Waals surface area (Å²) in [5.41, 5.74) is -4.66. The van der Waals surface area contributed by atoms with E-state index in [0.29, 0.717) is 16.3 Å². The summed E-state index contributed by atoms with van der Waals surface area (Å²) in [6.07, 6.45) is 1.58. The number of sulfone groups is 1. The Balaban J connectivity index is 1.62. The van der Waals surface area contributed by atoms with Crippen LogP contribution in [0.3, 0.4) is 0 Å². The molecule has 1 saturated heterocycles. The van der Waals surface area contributed by atoms with Crippen LogP contribution in [0, 0.1) is 0 Å². The summed E-state index contributed by atoms with van der Waals surface area (Å²) in [4.78, 5) is 31.9. The van der Waals surface area contributed by atoms with Crippen LogP contribution < -0.4 is 4.90 Å². The minimum Gasteiger partial charge on any atom is -0.305 e. The highest BCUT2D eigenvalue weighted by Crippen LogP contribution is 2.36. The van der Waals surface area contributed by atoms with Crippen LogP contribution in [0.5, 0.6) is 0 Å². The number of hydrogen-bond acceptors (Lipinski definition) is 5. The van der Waals surface area contributed by atoms with Gasteiger partial charge < -0.3 is 4.90 Å². The third-order valence-electron chi connectivity index (χ3n) is 5.84. The normalized spacial score (nSPS) is 16.1. The highest BCUT2D eigenvalue weighted by atomic mass is 35.5. The Bertz CT molecular complexity index is 1440. The fourth-order valence-corrected chi connectivity index (χ4v) is 4.66. The van der Waals surface area contributed by atoms with Crippen molar-refractivity contribution in [1.29, 1.82) is 0 Å². The van der Waals surface area contributed by atoms with Crippen molar-refractivity contribution in [1.82, 2.24) is 9.88 Å². The van der Waals surface area contributed by atoms with E-state index in [2.05, 4.69) is 4.98 Å². The fourth-order valence-electron chi connectivity index (χ4n) is 3.77. The molecule has 12 heteroatoms. The lowest BCUT2D eigenvalue weighted by Crippen LogP contribution is -2.43. The number of halogens is 4. The minimum absolute atomic E-state index is 0.0433. The van der Waals surface area contributed by atoms with E-state index in [1.165, 1.54) is 4.90 Å². The Kier molecular flexibility index (Phi) is 6.34. The topological polar surface area (TPSA) is 87.7 Å². The third kappa shape index (κ3) is 4.44. The van der Waals surface area contributed by atoms with Gasteiger partial charge in [0, 0.05) is 23.3 Å². The number of nitrogens with zero attached hydrogens (tertiary/aromatic N) is 3. The maximum absolute atomic E-state index is 13.3. The lowest BCUT2D eigenvalue weighted by atomic mass is 10.0. The van der Waals surface area contributed by atoms with E-state index in [-0.39, 0.29) is 12.2 Å². The number of imide groups is 1. The molecule has 3 aromatic rings. The molecular formula is C24H19ClF3N3O4S. The molecule has 0 N–H and O–H groups in total. The highest BCUT2D eigenvalue weighted by molar-refractivity contribution is 7.92. The van der Waals surface area contributed by atoms with Crippen LogP contribution in [0.25, 0.3) is 11.3 Å². The van der Waals surface area contributed by atoms with Gasteiger partial charge in [0.1, 0.15) is 5.54 Å². The summed E-state index contributed by atoms with van der Waals surface area (Å²) in [7, 11) is -5.56. The molecule has 1 aliphatic rings. The predicted molar refractivity (Wildman–Crippen MR) is 127 cm³/mol. The first-order chi connectivity index (χ1) is 16.7. The fraction of sp³-hybridized carbons (Fsp3) is 0.208. The van der Waals surface area contributed by atoms with Crippen LogP contribution in [0.15, 0.2) is 71.8 Å². The molecule has 3 amide bonds. The van der Waals surface area contributed by atoms with Crippen molar-refractivity contribution < 1.29 is 31.2 Å². The molecule has 1 aliphatic heterocycles. The smallest absolute Gasteiger partial charge is 0.305 e. The first kappa shape index (κ1) is 25.6. The second-order valence-corrected chi connectivity index (χ2v) is 10.9. The molecule has 1 fully saturated rings. The van der Waals surface area contributed by atoms with Gasteiger partial charge in [-0.2, -0.15) is 13.2 Å². The largest absolute Gasteiger partial charge is 0.501 e. The lowest BCUT2D eigenvalue weighted by molar-refractivity contribution is -0.123. The van der Waals surface area contributed by atoms with Crippen LogP contribution in [0.2, 0.25) is 5.02 Å². The van der Waals surface area contributed by atoms with E-state index >= 15 is 0 Å². The Morgan fingerprint density at radius 3 is 2.17 bits per heavy atom. The van der Waals surface area contributed by atoms with Crippen molar-refractivity contribution in [3.05, 3.63) is 77.4 Å². The van der Waals surface area contributed by atoms with Crippen molar-refractivity contribution in [2.45, 2.75) is 36.3 Å². The number of urea groups is 1. The molecule has 2 aromatic carbocycles. The van der Waals surface area contributed by atoms with E-state index in [1.807, 2.05) is 0 Å². The molecule has 0 bridgehead atoms. The quantitative estimate of drug-likeness (QED) is 0.404. The van der Waals surface area contributed by atoms with Gasteiger partial charge in [-0.3, -0.25) is 9.78 Å². The van der Waals surface area contributed by atoms with E-state index in [1.54, 1.807) is 56.4 Å².